The summed E-state index contributed by atoms with van der Waals surface area (Å²) in [7, 11) is 0. The maximum Gasteiger partial charge on any atom is 0.134 e. The molecule has 132 valence electrons. The molecule has 0 heterocycles. The van der Waals surface area contributed by atoms with Gasteiger partial charge >= 0.3 is 0 Å². The highest BCUT2D eigenvalue weighted by Gasteiger charge is 2.07. The van der Waals surface area contributed by atoms with Gasteiger partial charge in [-0.1, -0.05) is 90.1 Å². The second kappa shape index (κ2) is 7.75. The average molecular weight is 353 g/mol. The van der Waals surface area contributed by atoms with Gasteiger partial charge in [-0.15, -0.1) is 0 Å². The molecule has 0 atom stereocenters. The number of ether oxygens (including phenoxy) is 1. The summed E-state index contributed by atoms with van der Waals surface area (Å²) in [5, 5.41) is 15.1. The van der Waals surface area contributed by atoms with Gasteiger partial charge in [0.15, 0.2) is 0 Å². The van der Waals surface area contributed by atoms with Crippen LogP contribution in [0.2, 0.25) is 0 Å². The quantitative estimate of drug-likeness (QED) is 0.281. The number of hydrogen-bond donors (Lipinski definition) is 1. The van der Waals surface area contributed by atoms with Crippen LogP contribution in [0, 0.1) is 0 Å². The molecule has 0 bridgehead atoms. The lowest BCUT2D eigenvalue weighted by molar-refractivity contribution is 0.308. The van der Waals surface area contributed by atoms with Crippen LogP contribution in [0.25, 0.3) is 21.9 Å². The molecule has 0 aliphatic carbocycles. The van der Waals surface area contributed by atoms with Crippen LogP contribution in [-0.4, -0.2) is 17.5 Å². The summed E-state index contributed by atoms with van der Waals surface area (Å²) in [6, 6.07) is 32.2. The highest BCUT2D eigenvalue weighted by molar-refractivity contribution is 6.01. The van der Waals surface area contributed by atoms with Crippen LogP contribution in [0.1, 0.15) is 5.56 Å². The molecule has 0 unspecified atom stereocenters. The smallest absolute Gasteiger partial charge is 0.134 e. The molecule has 4 aromatic carbocycles. The van der Waals surface area contributed by atoms with E-state index in [2.05, 4.69) is 23.4 Å². The van der Waals surface area contributed by atoms with E-state index < -0.39 is 0 Å². The molecule has 0 aliphatic rings. The SMILES string of the molecule is O/N=C(\COc1ccc2ccccc2c1)c1ccc(-c2ccccc2)cc1. The van der Waals surface area contributed by atoms with Crippen LogP contribution in [0.5, 0.6) is 5.75 Å². The minimum Gasteiger partial charge on any atom is -0.487 e. The molecule has 0 aromatic heterocycles. The first-order chi connectivity index (χ1) is 13.3. The van der Waals surface area contributed by atoms with E-state index in [1.807, 2.05) is 78.9 Å². The van der Waals surface area contributed by atoms with E-state index in [-0.39, 0.29) is 6.61 Å². The first-order valence-corrected chi connectivity index (χ1v) is 8.82. The predicted octanol–water partition coefficient (Wildman–Crippen LogP) is 5.76. The molecule has 0 radical (unpaired) electrons. The molecule has 0 amide bonds. The Bertz CT molecular complexity index is 1070. The summed E-state index contributed by atoms with van der Waals surface area (Å²) in [5.74, 6) is 0.746. The van der Waals surface area contributed by atoms with Crippen LogP contribution in [0.15, 0.2) is 102 Å². The number of fused-ring (bicyclic) bond motifs is 1. The number of hydrogen-bond acceptors (Lipinski definition) is 3. The molecule has 0 saturated carbocycles. The van der Waals surface area contributed by atoms with Crippen LogP contribution >= 0.6 is 0 Å². The fourth-order valence-electron chi connectivity index (χ4n) is 3.06. The Labute approximate surface area is 158 Å². The van der Waals surface area contributed by atoms with Crippen molar-refractivity contribution in [2.24, 2.45) is 5.16 Å². The number of nitrogens with zero attached hydrogens (tertiary/aromatic N) is 1. The van der Waals surface area contributed by atoms with Gasteiger partial charge in [0, 0.05) is 5.56 Å². The van der Waals surface area contributed by atoms with Crippen molar-refractivity contribution < 1.29 is 9.94 Å². The van der Waals surface area contributed by atoms with Crippen molar-refractivity contribution in [2.75, 3.05) is 6.61 Å². The normalized spacial score (nSPS) is 11.5. The van der Waals surface area contributed by atoms with Crippen molar-refractivity contribution in [3.8, 4) is 16.9 Å². The summed E-state index contributed by atoms with van der Waals surface area (Å²) in [6.45, 7) is 0.194. The Hall–Kier alpha value is -3.59. The fraction of sp³-hybridized carbons (Fsp3) is 0.0417. The molecule has 0 spiro atoms. The summed E-state index contributed by atoms with van der Waals surface area (Å²) in [5.41, 5.74) is 3.59. The molecular formula is C24H19NO2. The van der Waals surface area contributed by atoms with Gasteiger partial charge in [0.05, 0.1) is 0 Å². The molecule has 3 heteroatoms. The molecule has 0 saturated heterocycles. The maximum atomic E-state index is 9.42. The molecule has 3 nitrogen and oxygen atoms in total. The minimum absolute atomic E-state index is 0.194. The van der Waals surface area contributed by atoms with Gasteiger partial charge in [0.25, 0.3) is 0 Å². The van der Waals surface area contributed by atoms with E-state index in [9.17, 15) is 5.21 Å². The van der Waals surface area contributed by atoms with E-state index in [1.165, 1.54) is 0 Å². The summed E-state index contributed by atoms with van der Waals surface area (Å²) >= 11 is 0. The Balaban J connectivity index is 1.48. The van der Waals surface area contributed by atoms with Crippen LogP contribution in [0.3, 0.4) is 0 Å². The number of benzene rings is 4. The van der Waals surface area contributed by atoms with Crippen LogP contribution in [-0.2, 0) is 0 Å². The third kappa shape index (κ3) is 3.82. The Kier molecular flexibility index (Phi) is 4.84. The van der Waals surface area contributed by atoms with Gasteiger partial charge in [-0.2, -0.15) is 0 Å². The van der Waals surface area contributed by atoms with Crippen molar-refractivity contribution in [2.45, 2.75) is 0 Å². The maximum absolute atomic E-state index is 9.42. The molecule has 27 heavy (non-hydrogen) atoms. The predicted molar refractivity (Wildman–Crippen MR) is 110 cm³/mol. The largest absolute Gasteiger partial charge is 0.487 e. The number of rotatable bonds is 5. The third-order valence-corrected chi connectivity index (χ3v) is 4.54. The van der Waals surface area contributed by atoms with Crippen molar-refractivity contribution >= 4 is 16.5 Å². The Morgan fingerprint density at radius 2 is 1.37 bits per heavy atom. The van der Waals surface area contributed by atoms with Crippen molar-refractivity contribution in [1.29, 1.82) is 0 Å². The van der Waals surface area contributed by atoms with Crippen molar-refractivity contribution in [1.82, 2.24) is 0 Å². The first kappa shape index (κ1) is 16.9. The van der Waals surface area contributed by atoms with Crippen LogP contribution in [0.4, 0.5) is 0 Å². The highest BCUT2D eigenvalue weighted by Crippen LogP contribution is 2.22. The summed E-state index contributed by atoms with van der Waals surface area (Å²) in [4.78, 5) is 0. The Morgan fingerprint density at radius 3 is 2.11 bits per heavy atom. The van der Waals surface area contributed by atoms with E-state index in [4.69, 9.17) is 4.74 Å². The van der Waals surface area contributed by atoms with Crippen molar-refractivity contribution in [3.05, 3.63) is 103 Å². The zero-order valence-corrected chi connectivity index (χ0v) is 14.7. The second-order valence-corrected chi connectivity index (χ2v) is 6.29. The minimum atomic E-state index is 0.194. The van der Waals surface area contributed by atoms with Crippen LogP contribution < -0.4 is 4.74 Å². The molecule has 4 aromatic rings. The average Bonchev–Trinajstić information content (AvgIpc) is 2.75. The van der Waals surface area contributed by atoms with Crippen molar-refractivity contribution in [3.63, 3.8) is 0 Å². The topological polar surface area (TPSA) is 41.8 Å². The standard InChI is InChI=1S/C24H19NO2/c26-25-24(17-27-23-15-14-19-8-4-5-9-22(19)16-23)21-12-10-20(11-13-21)18-6-2-1-3-7-18/h1-16,26H,17H2/b25-24+. The summed E-state index contributed by atoms with van der Waals surface area (Å²) in [6.07, 6.45) is 0. The molecule has 0 fully saturated rings. The van der Waals surface area contributed by atoms with Gasteiger partial charge in [0.2, 0.25) is 0 Å². The first-order valence-electron chi connectivity index (χ1n) is 8.82. The third-order valence-electron chi connectivity index (χ3n) is 4.54. The van der Waals surface area contributed by atoms with E-state index in [0.717, 1.165) is 33.2 Å². The Morgan fingerprint density at radius 1 is 0.704 bits per heavy atom. The lowest BCUT2D eigenvalue weighted by Gasteiger charge is -2.10. The number of oxime groups is 1. The van der Waals surface area contributed by atoms with Gasteiger partial charge < -0.3 is 9.94 Å². The summed E-state index contributed by atoms with van der Waals surface area (Å²) < 4.78 is 5.85. The van der Waals surface area contributed by atoms with Gasteiger partial charge in [-0.25, -0.2) is 0 Å². The monoisotopic (exact) mass is 353 g/mol. The molecular weight excluding hydrogens is 334 g/mol. The van der Waals surface area contributed by atoms with Gasteiger partial charge in [-0.05, 0) is 34.0 Å². The van der Waals surface area contributed by atoms with E-state index >= 15 is 0 Å². The highest BCUT2D eigenvalue weighted by atomic mass is 16.5. The molecule has 0 aliphatic heterocycles. The lowest BCUT2D eigenvalue weighted by Crippen LogP contribution is -2.13. The second-order valence-electron chi connectivity index (χ2n) is 6.29. The molecule has 1 N–H and O–H groups in total. The molecule has 4 rings (SSSR count). The van der Waals surface area contributed by atoms with E-state index in [0.29, 0.717) is 5.71 Å². The van der Waals surface area contributed by atoms with E-state index in [1.54, 1.807) is 0 Å². The zero-order chi connectivity index (χ0) is 18.5. The zero-order valence-electron chi connectivity index (χ0n) is 14.7. The van der Waals surface area contributed by atoms with Gasteiger partial charge in [-0.3, -0.25) is 0 Å². The fourth-order valence-corrected chi connectivity index (χ4v) is 3.06. The lowest BCUT2D eigenvalue weighted by atomic mass is 10.0. The van der Waals surface area contributed by atoms with Gasteiger partial charge in [0.1, 0.15) is 18.1 Å².